The van der Waals surface area contributed by atoms with Gasteiger partial charge in [-0.15, -0.1) is 0 Å². The Balaban J connectivity index is 2.14. The highest BCUT2D eigenvalue weighted by Gasteiger charge is 2.15. The molecule has 0 saturated carbocycles. The van der Waals surface area contributed by atoms with E-state index in [1.807, 2.05) is 31.2 Å². The number of nitrogens with one attached hydrogen (secondary N) is 1. The van der Waals surface area contributed by atoms with Gasteiger partial charge in [-0.1, -0.05) is 12.1 Å². The third-order valence-corrected chi connectivity index (χ3v) is 3.18. The summed E-state index contributed by atoms with van der Waals surface area (Å²) in [5, 5.41) is 2.75. The first-order valence-electron chi connectivity index (χ1n) is 6.51. The highest BCUT2D eigenvalue weighted by atomic mass is 19.1. The van der Waals surface area contributed by atoms with Gasteiger partial charge in [0.2, 0.25) is 0 Å². The molecule has 0 saturated heterocycles. The van der Waals surface area contributed by atoms with Crippen molar-refractivity contribution >= 4 is 11.6 Å². The van der Waals surface area contributed by atoms with Crippen molar-refractivity contribution in [3.63, 3.8) is 0 Å². The van der Waals surface area contributed by atoms with Crippen LogP contribution < -0.4 is 15.8 Å². The normalized spacial score (nSPS) is 11.8. The molecule has 2 aromatic rings. The van der Waals surface area contributed by atoms with Gasteiger partial charge in [-0.2, -0.15) is 0 Å². The van der Waals surface area contributed by atoms with Gasteiger partial charge in [0.15, 0.2) is 0 Å². The predicted octanol–water partition coefficient (Wildman–Crippen LogP) is 2.91. The first-order chi connectivity index (χ1) is 10.0. The number of hydrogen-bond acceptors (Lipinski definition) is 3. The first kappa shape index (κ1) is 14.8. The van der Waals surface area contributed by atoms with Crippen molar-refractivity contribution in [2.75, 3.05) is 12.8 Å². The lowest BCUT2D eigenvalue weighted by Crippen LogP contribution is -2.27. The average molecular weight is 288 g/mol. The molecule has 0 aliphatic carbocycles. The van der Waals surface area contributed by atoms with E-state index in [2.05, 4.69) is 5.32 Å². The van der Waals surface area contributed by atoms with Crippen LogP contribution in [0.3, 0.4) is 0 Å². The van der Waals surface area contributed by atoms with Crippen LogP contribution in [0, 0.1) is 5.82 Å². The van der Waals surface area contributed by atoms with Crippen LogP contribution in [0.1, 0.15) is 28.9 Å². The average Bonchev–Trinajstić information content (AvgIpc) is 2.47. The number of methoxy groups -OCH3 is 1. The van der Waals surface area contributed by atoms with Gasteiger partial charge in [-0.3, -0.25) is 4.79 Å². The molecule has 1 atom stereocenters. The largest absolute Gasteiger partial charge is 0.497 e. The van der Waals surface area contributed by atoms with Crippen molar-refractivity contribution in [2.45, 2.75) is 13.0 Å². The van der Waals surface area contributed by atoms with Crippen molar-refractivity contribution in [3.8, 4) is 5.75 Å². The third-order valence-electron chi connectivity index (χ3n) is 3.18. The summed E-state index contributed by atoms with van der Waals surface area (Å²) >= 11 is 0. The van der Waals surface area contributed by atoms with E-state index >= 15 is 0 Å². The maximum Gasteiger partial charge on any atom is 0.254 e. The number of anilines is 1. The summed E-state index contributed by atoms with van der Waals surface area (Å²) < 4.78 is 18.9. The molecular weight excluding hydrogens is 271 g/mol. The lowest BCUT2D eigenvalue weighted by molar-refractivity contribution is 0.0936. The van der Waals surface area contributed by atoms with Gasteiger partial charge >= 0.3 is 0 Å². The van der Waals surface area contributed by atoms with E-state index in [1.165, 1.54) is 12.1 Å². The van der Waals surface area contributed by atoms with Crippen LogP contribution >= 0.6 is 0 Å². The first-order valence-corrected chi connectivity index (χ1v) is 6.51. The summed E-state index contributed by atoms with van der Waals surface area (Å²) in [6.45, 7) is 1.82. The SMILES string of the molecule is COc1cccc(C(C)NC(=O)c2ccc(N)cc2F)c1. The van der Waals surface area contributed by atoms with Crippen LogP contribution in [-0.4, -0.2) is 13.0 Å². The second-order valence-corrected chi connectivity index (χ2v) is 4.71. The van der Waals surface area contributed by atoms with Gasteiger partial charge in [0, 0.05) is 5.69 Å². The summed E-state index contributed by atoms with van der Waals surface area (Å²) in [4.78, 5) is 12.1. The van der Waals surface area contributed by atoms with Gasteiger partial charge in [-0.05, 0) is 42.8 Å². The molecule has 1 unspecified atom stereocenters. The van der Waals surface area contributed by atoms with Crippen LogP contribution in [-0.2, 0) is 0 Å². The molecule has 0 bridgehead atoms. The van der Waals surface area contributed by atoms with Gasteiger partial charge in [0.25, 0.3) is 5.91 Å². The fourth-order valence-electron chi connectivity index (χ4n) is 1.98. The monoisotopic (exact) mass is 288 g/mol. The highest BCUT2D eigenvalue weighted by Crippen LogP contribution is 2.20. The third kappa shape index (κ3) is 3.51. The standard InChI is InChI=1S/C16H17FN2O2/c1-10(11-4-3-5-13(8-11)21-2)19-16(20)14-7-6-12(18)9-15(14)17/h3-10H,18H2,1-2H3,(H,19,20). The van der Waals surface area contributed by atoms with Crippen molar-refractivity contribution in [3.05, 3.63) is 59.4 Å². The molecule has 0 aliphatic rings. The number of carbonyl (C=O) groups excluding carboxylic acids is 1. The van der Waals surface area contributed by atoms with Gasteiger partial charge in [0.05, 0.1) is 18.7 Å². The predicted molar refractivity (Wildman–Crippen MR) is 79.7 cm³/mol. The zero-order valence-corrected chi connectivity index (χ0v) is 11.9. The quantitative estimate of drug-likeness (QED) is 0.850. The molecular formula is C16H17FN2O2. The Hall–Kier alpha value is -2.56. The molecule has 2 aromatic carbocycles. The van der Waals surface area contributed by atoms with E-state index in [9.17, 15) is 9.18 Å². The molecule has 0 aromatic heterocycles. The molecule has 110 valence electrons. The number of ether oxygens (including phenoxy) is 1. The number of carbonyl (C=O) groups is 1. The number of benzene rings is 2. The van der Waals surface area contributed by atoms with Gasteiger partial charge in [0.1, 0.15) is 11.6 Å². The Kier molecular flexibility index (Phi) is 4.42. The molecule has 4 nitrogen and oxygen atoms in total. The Labute approximate surface area is 122 Å². The minimum Gasteiger partial charge on any atom is -0.497 e. The second-order valence-electron chi connectivity index (χ2n) is 4.71. The Morgan fingerprint density at radius 1 is 1.29 bits per heavy atom. The number of hydrogen-bond donors (Lipinski definition) is 2. The lowest BCUT2D eigenvalue weighted by Gasteiger charge is -2.15. The minimum atomic E-state index is -0.634. The fourth-order valence-corrected chi connectivity index (χ4v) is 1.98. The topological polar surface area (TPSA) is 64.3 Å². The fraction of sp³-hybridized carbons (Fsp3) is 0.188. The lowest BCUT2D eigenvalue weighted by atomic mass is 10.1. The smallest absolute Gasteiger partial charge is 0.254 e. The van der Waals surface area contributed by atoms with Crippen LogP contribution in [0.2, 0.25) is 0 Å². The molecule has 21 heavy (non-hydrogen) atoms. The van der Waals surface area contributed by atoms with E-state index in [0.717, 1.165) is 11.6 Å². The zero-order valence-electron chi connectivity index (χ0n) is 11.9. The molecule has 5 heteroatoms. The van der Waals surface area contributed by atoms with Gasteiger partial charge < -0.3 is 15.8 Å². The number of nitrogen functional groups attached to an aromatic ring is 1. The van der Waals surface area contributed by atoms with Crippen LogP contribution in [0.4, 0.5) is 10.1 Å². The Bertz CT molecular complexity index is 658. The van der Waals surface area contributed by atoms with Gasteiger partial charge in [-0.25, -0.2) is 4.39 Å². The molecule has 2 rings (SSSR count). The maximum absolute atomic E-state index is 13.7. The molecule has 0 heterocycles. The molecule has 0 radical (unpaired) electrons. The number of halogens is 1. The molecule has 0 spiro atoms. The molecule has 0 fully saturated rings. The van der Waals surface area contributed by atoms with Crippen molar-refractivity contribution in [2.24, 2.45) is 0 Å². The van der Waals surface area contributed by atoms with E-state index < -0.39 is 11.7 Å². The highest BCUT2D eigenvalue weighted by molar-refractivity contribution is 5.95. The Morgan fingerprint density at radius 2 is 2.05 bits per heavy atom. The van der Waals surface area contributed by atoms with E-state index in [-0.39, 0.29) is 17.3 Å². The molecule has 3 N–H and O–H groups in total. The summed E-state index contributed by atoms with van der Waals surface area (Å²) in [7, 11) is 1.58. The summed E-state index contributed by atoms with van der Waals surface area (Å²) in [6, 6.07) is 11.1. The second kappa shape index (κ2) is 6.26. The number of amides is 1. The maximum atomic E-state index is 13.7. The van der Waals surface area contributed by atoms with Crippen molar-refractivity contribution in [1.29, 1.82) is 0 Å². The summed E-state index contributed by atoms with van der Waals surface area (Å²) in [5.41, 5.74) is 6.59. The Morgan fingerprint density at radius 3 is 2.71 bits per heavy atom. The molecule has 1 amide bonds. The zero-order chi connectivity index (χ0) is 15.4. The van der Waals surface area contributed by atoms with Crippen molar-refractivity contribution < 1.29 is 13.9 Å². The van der Waals surface area contributed by atoms with Crippen LogP contribution in [0.15, 0.2) is 42.5 Å². The summed E-state index contributed by atoms with van der Waals surface area (Å²) in [6.07, 6.45) is 0. The van der Waals surface area contributed by atoms with E-state index in [0.29, 0.717) is 5.75 Å². The van der Waals surface area contributed by atoms with E-state index in [1.54, 1.807) is 7.11 Å². The van der Waals surface area contributed by atoms with Crippen LogP contribution in [0.25, 0.3) is 0 Å². The number of rotatable bonds is 4. The van der Waals surface area contributed by atoms with Crippen molar-refractivity contribution in [1.82, 2.24) is 5.32 Å². The summed E-state index contributed by atoms with van der Waals surface area (Å²) in [5.74, 6) is -0.416. The van der Waals surface area contributed by atoms with E-state index in [4.69, 9.17) is 10.5 Å². The van der Waals surface area contributed by atoms with Crippen LogP contribution in [0.5, 0.6) is 5.75 Å². The number of nitrogens with two attached hydrogens (primary N) is 1. The molecule has 0 aliphatic heterocycles. The minimum absolute atomic E-state index is 0.0288.